The summed E-state index contributed by atoms with van der Waals surface area (Å²) < 4.78 is 5.32. The molecule has 0 aliphatic carbocycles. The van der Waals surface area contributed by atoms with E-state index in [1.54, 1.807) is 0 Å². The zero-order chi connectivity index (χ0) is 15.9. The highest BCUT2D eigenvalue weighted by Gasteiger charge is 2.29. The number of carbonyl (C=O) groups excluding carboxylic acids is 2. The molecule has 126 valence electrons. The van der Waals surface area contributed by atoms with Crippen LogP contribution in [-0.4, -0.2) is 85.5 Å². The van der Waals surface area contributed by atoms with Gasteiger partial charge in [-0.25, -0.2) is 0 Å². The highest BCUT2D eigenvalue weighted by molar-refractivity contribution is 5.79. The lowest BCUT2D eigenvalue weighted by Gasteiger charge is -2.37. The molecule has 2 saturated heterocycles. The van der Waals surface area contributed by atoms with Gasteiger partial charge in [0.15, 0.2) is 0 Å². The number of hydrogen-bond acceptors (Lipinski definition) is 4. The molecule has 2 fully saturated rings. The van der Waals surface area contributed by atoms with E-state index in [1.807, 2.05) is 23.6 Å². The molecule has 0 atom stereocenters. The number of piperazine rings is 1. The normalized spacial score (nSPS) is 20.9. The first-order valence-corrected chi connectivity index (χ1v) is 8.52. The van der Waals surface area contributed by atoms with E-state index in [9.17, 15) is 9.59 Å². The summed E-state index contributed by atoms with van der Waals surface area (Å²) in [6.07, 6.45) is 1.69. The fourth-order valence-electron chi connectivity index (χ4n) is 3.20. The average Bonchev–Trinajstić information content (AvgIpc) is 2.57. The van der Waals surface area contributed by atoms with Crippen LogP contribution in [-0.2, 0) is 14.3 Å². The Kier molecular flexibility index (Phi) is 6.64. The number of nitrogens with zero attached hydrogens (tertiary/aromatic N) is 3. The van der Waals surface area contributed by atoms with Gasteiger partial charge in [-0.3, -0.25) is 14.5 Å². The molecule has 22 heavy (non-hydrogen) atoms. The molecule has 2 aliphatic rings. The van der Waals surface area contributed by atoms with Crippen LogP contribution in [0.15, 0.2) is 0 Å². The Bertz CT molecular complexity index is 371. The van der Waals surface area contributed by atoms with E-state index in [0.717, 1.165) is 52.1 Å². The SMILES string of the molecule is CCN(CC)C(=O)CN1CCN(C(=O)C2CCOCC2)CC1. The minimum absolute atomic E-state index is 0.137. The standard InChI is InChI=1S/C16H29N3O3/c1-3-18(4-2)15(20)13-17-7-9-19(10-8-17)16(21)14-5-11-22-12-6-14/h14H,3-13H2,1-2H3. The van der Waals surface area contributed by atoms with Crippen LogP contribution in [0.5, 0.6) is 0 Å². The van der Waals surface area contributed by atoms with Gasteiger partial charge in [-0.05, 0) is 26.7 Å². The number of likely N-dealkylation sites (N-methyl/N-ethyl adjacent to an activating group) is 1. The second kappa shape index (κ2) is 8.48. The molecule has 0 aromatic carbocycles. The van der Waals surface area contributed by atoms with Crippen molar-refractivity contribution in [3.05, 3.63) is 0 Å². The van der Waals surface area contributed by atoms with Gasteiger partial charge in [-0.15, -0.1) is 0 Å². The molecule has 0 unspecified atom stereocenters. The molecule has 0 bridgehead atoms. The minimum atomic E-state index is 0.137. The van der Waals surface area contributed by atoms with E-state index >= 15 is 0 Å². The smallest absolute Gasteiger partial charge is 0.236 e. The minimum Gasteiger partial charge on any atom is -0.381 e. The van der Waals surface area contributed by atoms with E-state index in [4.69, 9.17) is 4.74 Å². The van der Waals surface area contributed by atoms with E-state index in [1.165, 1.54) is 0 Å². The van der Waals surface area contributed by atoms with Crippen molar-refractivity contribution in [3.8, 4) is 0 Å². The first-order valence-electron chi connectivity index (χ1n) is 8.52. The number of hydrogen-bond donors (Lipinski definition) is 0. The zero-order valence-electron chi connectivity index (χ0n) is 13.9. The molecule has 0 N–H and O–H groups in total. The predicted octanol–water partition coefficient (Wildman–Crippen LogP) is 0.426. The Balaban J connectivity index is 1.75. The van der Waals surface area contributed by atoms with Crippen molar-refractivity contribution in [2.75, 3.05) is 59.0 Å². The van der Waals surface area contributed by atoms with Crippen LogP contribution in [0.3, 0.4) is 0 Å². The lowest BCUT2D eigenvalue weighted by Crippen LogP contribution is -2.53. The number of rotatable bonds is 5. The fourth-order valence-corrected chi connectivity index (χ4v) is 3.20. The summed E-state index contributed by atoms with van der Waals surface area (Å²) in [5, 5.41) is 0. The zero-order valence-corrected chi connectivity index (χ0v) is 13.9. The van der Waals surface area contributed by atoms with Crippen molar-refractivity contribution in [1.82, 2.24) is 14.7 Å². The van der Waals surface area contributed by atoms with Crippen molar-refractivity contribution >= 4 is 11.8 Å². The van der Waals surface area contributed by atoms with E-state index in [0.29, 0.717) is 19.8 Å². The van der Waals surface area contributed by atoms with Gasteiger partial charge in [0.05, 0.1) is 6.54 Å². The quantitative estimate of drug-likeness (QED) is 0.739. The summed E-state index contributed by atoms with van der Waals surface area (Å²) in [6, 6.07) is 0. The number of ether oxygens (including phenoxy) is 1. The lowest BCUT2D eigenvalue weighted by molar-refractivity contribution is -0.140. The third-order valence-electron chi connectivity index (χ3n) is 4.73. The fraction of sp³-hybridized carbons (Fsp3) is 0.875. The predicted molar refractivity (Wildman–Crippen MR) is 84.5 cm³/mol. The Labute approximate surface area is 133 Å². The molecule has 0 aromatic rings. The van der Waals surface area contributed by atoms with Crippen LogP contribution in [0, 0.1) is 5.92 Å². The van der Waals surface area contributed by atoms with Crippen LogP contribution in [0.4, 0.5) is 0 Å². The monoisotopic (exact) mass is 311 g/mol. The third-order valence-corrected chi connectivity index (χ3v) is 4.73. The van der Waals surface area contributed by atoms with Crippen LogP contribution < -0.4 is 0 Å². The molecular formula is C16H29N3O3. The highest BCUT2D eigenvalue weighted by Crippen LogP contribution is 2.18. The topological polar surface area (TPSA) is 53.1 Å². The van der Waals surface area contributed by atoms with Gasteiger partial charge in [0.25, 0.3) is 0 Å². The molecule has 6 nitrogen and oxygen atoms in total. The van der Waals surface area contributed by atoms with Crippen LogP contribution in [0.25, 0.3) is 0 Å². The summed E-state index contributed by atoms with van der Waals surface area (Å²) in [5.41, 5.74) is 0. The number of carbonyl (C=O) groups is 2. The first-order chi connectivity index (χ1) is 10.7. The van der Waals surface area contributed by atoms with Gasteiger partial charge >= 0.3 is 0 Å². The Morgan fingerprint density at radius 2 is 1.64 bits per heavy atom. The molecule has 2 aliphatic heterocycles. The van der Waals surface area contributed by atoms with E-state index in [-0.39, 0.29) is 17.7 Å². The molecule has 0 spiro atoms. The van der Waals surface area contributed by atoms with E-state index in [2.05, 4.69) is 4.90 Å². The lowest BCUT2D eigenvalue weighted by atomic mass is 9.98. The second-order valence-corrected chi connectivity index (χ2v) is 6.05. The van der Waals surface area contributed by atoms with Crippen molar-refractivity contribution in [2.45, 2.75) is 26.7 Å². The summed E-state index contributed by atoms with van der Waals surface area (Å²) in [7, 11) is 0. The van der Waals surface area contributed by atoms with Crippen molar-refractivity contribution in [1.29, 1.82) is 0 Å². The molecule has 0 aromatic heterocycles. The Morgan fingerprint density at radius 3 is 2.18 bits per heavy atom. The van der Waals surface area contributed by atoms with Gasteiger partial charge < -0.3 is 14.5 Å². The third kappa shape index (κ3) is 4.43. The first kappa shape index (κ1) is 17.2. The summed E-state index contributed by atoms with van der Waals surface area (Å²) in [5.74, 6) is 0.602. The van der Waals surface area contributed by atoms with Crippen molar-refractivity contribution in [3.63, 3.8) is 0 Å². The van der Waals surface area contributed by atoms with Gasteiger partial charge in [-0.1, -0.05) is 0 Å². The highest BCUT2D eigenvalue weighted by atomic mass is 16.5. The molecule has 6 heteroatoms. The summed E-state index contributed by atoms with van der Waals surface area (Å²) in [6.45, 7) is 10.5. The molecule has 2 rings (SSSR count). The molecule has 2 amide bonds. The largest absolute Gasteiger partial charge is 0.381 e. The van der Waals surface area contributed by atoms with Crippen molar-refractivity contribution < 1.29 is 14.3 Å². The molecule has 2 heterocycles. The summed E-state index contributed by atoms with van der Waals surface area (Å²) in [4.78, 5) is 30.6. The Morgan fingerprint density at radius 1 is 1.05 bits per heavy atom. The molecular weight excluding hydrogens is 282 g/mol. The number of amides is 2. The van der Waals surface area contributed by atoms with Crippen LogP contribution >= 0.6 is 0 Å². The maximum Gasteiger partial charge on any atom is 0.236 e. The summed E-state index contributed by atoms with van der Waals surface area (Å²) >= 11 is 0. The second-order valence-electron chi connectivity index (χ2n) is 6.05. The Hall–Kier alpha value is -1.14. The molecule has 0 radical (unpaired) electrons. The van der Waals surface area contributed by atoms with Gasteiger partial charge in [-0.2, -0.15) is 0 Å². The van der Waals surface area contributed by atoms with Gasteiger partial charge in [0, 0.05) is 58.4 Å². The van der Waals surface area contributed by atoms with Gasteiger partial charge in [0.2, 0.25) is 11.8 Å². The maximum atomic E-state index is 12.5. The van der Waals surface area contributed by atoms with Gasteiger partial charge in [0.1, 0.15) is 0 Å². The van der Waals surface area contributed by atoms with E-state index < -0.39 is 0 Å². The maximum absolute atomic E-state index is 12.5. The van der Waals surface area contributed by atoms with Crippen molar-refractivity contribution in [2.24, 2.45) is 5.92 Å². The van der Waals surface area contributed by atoms with Crippen LogP contribution in [0.2, 0.25) is 0 Å². The average molecular weight is 311 g/mol. The van der Waals surface area contributed by atoms with Crippen LogP contribution in [0.1, 0.15) is 26.7 Å². The molecule has 0 saturated carbocycles.